The molecule has 0 saturated carbocycles. The summed E-state index contributed by atoms with van der Waals surface area (Å²) in [6, 6.07) is 11.8. The van der Waals surface area contributed by atoms with Gasteiger partial charge in [-0.1, -0.05) is 30.3 Å². The Morgan fingerprint density at radius 3 is 2.62 bits per heavy atom. The highest BCUT2D eigenvalue weighted by atomic mass is 16.1. The molecule has 1 N–H and O–H groups in total. The first-order chi connectivity index (χ1) is 10.2. The molecule has 0 aliphatic heterocycles. The number of nitrogens with one attached hydrogen (secondary N) is 1. The number of carbonyl (C=O) groups excluding carboxylic acids is 1. The van der Waals surface area contributed by atoms with E-state index in [-0.39, 0.29) is 5.91 Å². The van der Waals surface area contributed by atoms with Crippen LogP contribution in [0.1, 0.15) is 16.8 Å². The smallest absolute Gasteiger partial charge is 0.252 e. The summed E-state index contributed by atoms with van der Waals surface area (Å²) < 4.78 is 0. The van der Waals surface area contributed by atoms with Gasteiger partial charge in [-0.3, -0.25) is 9.78 Å². The minimum atomic E-state index is -0.0703. The van der Waals surface area contributed by atoms with Gasteiger partial charge in [0, 0.05) is 24.5 Å². The van der Waals surface area contributed by atoms with Gasteiger partial charge in [-0.15, -0.1) is 0 Å². The van der Waals surface area contributed by atoms with Crippen molar-refractivity contribution in [2.45, 2.75) is 6.42 Å². The van der Waals surface area contributed by atoms with E-state index in [0.29, 0.717) is 12.1 Å². The van der Waals surface area contributed by atoms with Gasteiger partial charge in [0.25, 0.3) is 5.91 Å². The number of rotatable bonds is 6. The summed E-state index contributed by atoms with van der Waals surface area (Å²) >= 11 is 0. The van der Waals surface area contributed by atoms with Crippen molar-refractivity contribution in [1.82, 2.24) is 15.2 Å². The van der Waals surface area contributed by atoms with Gasteiger partial charge in [-0.25, -0.2) is 0 Å². The second-order valence-electron chi connectivity index (χ2n) is 5.24. The quantitative estimate of drug-likeness (QED) is 0.828. The third-order valence-corrected chi connectivity index (χ3v) is 3.18. The molecule has 0 unspecified atom stereocenters. The molecular formula is C17H21N3O. The lowest BCUT2D eigenvalue weighted by molar-refractivity contribution is 0.0952. The zero-order chi connectivity index (χ0) is 15.1. The Balaban J connectivity index is 1.99. The Bertz CT molecular complexity index is 582. The van der Waals surface area contributed by atoms with Crippen LogP contribution in [0.25, 0.3) is 11.1 Å². The number of nitrogens with zero attached hydrogens (tertiary/aromatic N) is 2. The van der Waals surface area contributed by atoms with Crippen molar-refractivity contribution in [3.8, 4) is 11.1 Å². The Kier molecular flexibility index (Phi) is 5.46. The summed E-state index contributed by atoms with van der Waals surface area (Å²) in [5.74, 6) is -0.0703. The predicted molar refractivity (Wildman–Crippen MR) is 85.2 cm³/mol. The highest BCUT2D eigenvalue weighted by Gasteiger charge is 2.07. The molecule has 0 aliphatic rings. The molecule has 0 radical (unpaired) electrons. The summed E-state index contributed by atoms with van der Waals surface area (Å²) in [6.45, 7) is 1.63. The van der Waals surface area contributed by atoms with E-state index in [1.165, 1.54) is 0 Å². The molecule has 1 amide bonds. The van der Waals surface area contributed by atoms with Crippen molar-refractivity contribution in [1.29, 1.82) is 0 Å². The number of benzene rings is 1. The molecule has 0 aliphatic carbocycles. The summed E-state index contributed by atoms with van der Waals surface area (Å²) in [4.78, 5) is 18.4. The Hall–Kier alpha value is -2.20. The van der Waals surface area contributed by atoms with E-state index < -0.39 is 0 Å². The standard InChI is InChI=1S/C17H21N3O/c1-20(2)10-6-9-19-17(21)16-11-15(12-18-13-16)14-7-4-3-5-8-14/h3-5,7-8,11-13H,6,9-10H2,1-2H3,(H,19,21). The SMILES string of the molecule is CN(C)CCCNC(=O)c1cncc(-c2ccccc2)c1. The van der Waals surface area contributed by atoms with Crippen molar-refractivity contribution < 1.29 is 4.79 Å². The summed E-state index contributed by atoms with van der Waals surface area (Å²) in [5.41, 5.74) is 2.62. The first-order valence-corrected chi connectivity index (χ1v) is 7.10. The van der Waals surface area contributed by atoms with E-state index >= 15 is 0 Å². The highest BCUT2D eigenvalue weighted by molar-refractivity contribution is 5.95. The Morgan fingerprint density at radius 1 is 1.14 bits per heavy atom. The van der Waals surface area contributed by atoms with Gasteiger partial charge in [0.05, 0.1) is 5.56 Å². The Labute approximate surface area is 125 Å². The zero-order valence-electron chi connectivity index (χ0n) is 12.5. The van der Waals surface area contributed by atoms with Crippen LogP contribution in [0.4, 0.5) is 0 Å². The van der Waals surface area contributed by atoms with E-state index in [4.69, 9.17) is 0 Å². The fraction of sp³-hybridized carbons (Fsp3) is 0.294. The van der Waals surface area contributed by atoms with Crippen LogP contribution in [-0.4, -0.2) is 43.0 Å². The van der Waals surface area contributed by atoms with E-state index in [2.05, 4.69) is 15.2 Å². The fourth-order valence-corrected chi connectivity index (χ4v) is 2.05. The average Bonchev–Trinajstić information content (AvgIpc) is 2.52. The van der Waals surface area contributed by atoms with Gasteiger partial charge in [0.2, 0.25) is 0 Å². The lowest BCUT2D eigenvalue weighted by atomic mass is 10.1. The Morgan fingerprint density at radius 2 is 1.90 bits per heavy atom. The van der Waals surface area contributed by atoms with Gasteiger partial charge in [0.1, 0.15) is 0 Å². The number of hydrogen-bond donors (Lipinski definition) is 1. The van der Waals surface area contributed by atoms with Crippen LogP contribution in [0.15, 0.2) is 48.8 Å². The number of hydrogen-bond acceptors (Lipinski definition) is 3. The molecule has 0 spiro atoms. The topological polar surface area (TPSA) is 45.2 Å². The van der Waals surface area contributed by atoms with E-state index in [0.717, 1.165) is 24.1 Å². The number of amides is 1. The second-order valence-corrected chi connectivity index (χ2v) is 5.24. The monoisotopic (exact) mass is 283 g/mol. The third-order valence-electron chi connectivity index (χ3n) is 3.18. The van der Waals surface area contributed by atoms with Crippen LogP contribution in [0.5, 0.6) is 0 Å². The summed E-state index contributed by atoms with van der Waals surface area (Å²) in [6.07, 6.45) is 4.32. The first-order valence-electron chi connectivity index (χ1n) is 7.10. The average molecular weight is 283 g/mol. The molecule has 2 aromatic rings. The van der Waals surface area contributed by atoms with Crippen LogP contribution >= 0.6 is 0 Å². The van der Waals surface area contributed by atoms with Gasteiger partial charge in [-0.05, 0) is 38.7 Å². The number of carbonyl (C=O) groups is 1. The van der Waals surface area contributed by atoms with Crippen LogP contribution in [0, 0.1) is 0 Å². The molecule has 1 aromatic heterocycles. The molecule has 1 aromatic carbocycles. The molecule has 4 heteroatoms. The minimum absolute atomic E-state index is 0.0703. The summed E-state index contributed by atoms with van der Waals surface area (Å²) in [7, 11) is 4.05. The van der Waals surface area contributed by atoms with Crippen molar-refractivity contribution in [2.75, 3.05) is 27.2 Å². The van der Waals surface area contributed by atoms with Crippen molar-refractivity contribution in [3.05, 3.63) is 54.4 Å². The maximum atomic E-state index is 12.1. The largest absolute Gasteiger partial charge is 0.352 e. The van der Waals surface area contributed by atoms with Gasteiger partial charge in [0.15, 0.2) is 0 Å². The third kappa shape index (κ3) is 4.68. The zero-order valence-corrected chi connectivity index (χ0v) is 12.5. The molecule has 4 nitrogen and oxygen atoms in total. The van der Waals surface area contributed by atoms with Crippen LogP contribution in [-0.2, 0) is 0 Å². The van der Waals surface area contributed by atoms with E-state index in [1.807, 2.05) is 50.5 Å². The molecule has 21 heavy (non-hydrogen) atoms. The van der Waals surface area contributed by atoms with Crippen LogP contribution in [0.3, 0.4) is 0 Å². The molecule has 0 atom stereocenters. The normalized spacial score (nSPS) is 10.6. The van der Waals surface area contributed by atoms with Gasteiger partial charge >= 0.3 is 0 Å². The van der Waals surface area contributed by atoms with Crippen LogP contribution < -0.4 is 5.32 Å². The summed E-state index contributed by atoms with van der Waals surface area (Å²) in [5, 5.41) is 2.93. The maximum absolute atomic E-state index is 12.1. The first kappa shape index (κ1) is 15.2. The number of pyridine rings is 1. The fourth-order valence-electron chi connectivity index (χ4n) is 2.05. The van der Waals surface area contributed by atoms with Gasteiger partial charge in [-0.2, -0.15) is 0 Å². The van der Waals surface area contributed by atoms with Crippen LogP contribution in [0.2, 0.25) is 0 Å². The molecular weight excluding hydrogens is 262 g/mol. The molecule has 2 rings (SSSR count). The molecule has 0 saturated heterocycles. The predicted octanol–water partition coefficient (Wildman–Crippen LogP) is 2.43. The lowest BCUT2D eigenvalue weighted by Crippen LogP contribution is -2.27. The van der Waals surface area contributed by atoms with E-state index in [1.54, 1.807) is 12.4 Å². The van der Waals surface area contributed by atoms with Gasteiger partial charge < -0.3 is 10.2 Å². The molecule has 1 heterocycles. The van der Waals surface area contributed by atoms with E-state index in [9.17, 15) is 4.79 Å². The van der Waals surface area contributed by atoms with Crippen molar-refractivity contribution in [2.24, 2.45) is 0 Å². The minimum Gasteiger partial charge on any atom is -0.352 e. The van der Waals surface area contributed by atoms with Crippen molar-refractivity contribution in [3.63, 3.8) is 0 Å². The number of aromatic nitrogens is 1. The molecule has 0 bridgehead atoms. The second kappa shape index (κ2) is 7.55. The van der Waals surface area contributed by atoms with Crippen molar-refractivity contribution >= 4 is 5.91 Å². The highest BCUT2D eigenvalue weighted by Crippen LogP contribution is 2.18. The molecule has 0 fully saturated rings. The lowest BCUT2D eigenvalue weighted by Gasteiger charge is -2.10. The maximum Gasteiger partial charge on any atom is 0.252 e. The molecule has 110 valence electrons.